The highest BCUT2D eigenvalue weighted by Gasteiger charge is 2.23. The number of fused-ring (bicyclic) bond motifs is 1. The van der Waals surface area contributed by atoms with Crippen LogP contribution in [0.1, 0.15) is 56.3 Å². The monoisotopic (exact) mass is 506 g/mol. The van der Waals surface area contributed by atoms with Gasteiger partial charge in [-0.25, -0.2) is 0 Å². The van der Waals surface area contributed by atoms with Gasteiger partial charge in [-0.2, -0.15) is 0 Å². The second-order valence-electron chi connectivity index (χ2n) is 10.7. The molecule has 1 aliphatic rings. The molecule has 4 aromatic rings. The molecular weight excluding hydrogens is 468 g/mol. The predicted molar refractivity (Wildman–Crippen MR) is 157 cm³/mol. The Kier molecular flexibility index (Phi) is 8.40. The van der Waals surface area contributed by atoms with Crippen LogP contribution in [0, 0.1) is 5.92 Å². The van der Waals surface area contributed by atoms with Crippen LogP contribution in [-0.2, 0) is 4.79 Å². The summed E-state index contributed by atoms with van der Waals surface area (Å²) in [6.45, 7) is 6.99. The summed E-state index contributed by atoms with van der Waals surface area (Å²) in [7, 11) is 0. The molecule has 0 bridgehead atoms. The van der Waals surface area contributed by atoms with E-state index in [1.54, 1.807) is 0 Å². The van der Waals surface area contributed by atoms with Crippen molar-refractivity contribution in [3.8, 4) is 5.75 Å². The first-order valence-corrected chi connectivity index (χ1v) is 13.9. The third-order valence-corrected chi connectivity index (χ3v) is 7.64. The number of likely N-dealkylation sites (tertiary alicyclic amines) is 1. The zero-order valence-electron chi connectivity index (χ0n) is 22.5. The van der Waals surface area contributed by atoms with Gasteiger partial charge in [-0.15, -0.1) is 0 Å². The average Bonchev–Trinajstić information content (AvgIpc) is 2.96. The number of hydrogen-bond acceptors (Lipinski definition) is 3. The zero-order chi connectivity index (χ0) is 26.3. The van der Waals surface area contributed by atoms with Crippen molar-refractivity contribution in [1.29, 1.82) is 0 Å². The molecule has 196 valence electrons. The highest BCUT2D eigenvalue weighted by molar-refractivity contribution is 5.92. The Morgan fingerprint density at radius 1 is 0.895 bits per heavy atom. The highest BCUT2D eigenvalue weighted by Crippen LogP contribution is 2.33. The fourth-order valence-electron chi connectivity index (χ4n) is 5.36. The van der Waals surface area contributed by atoms with E-state index in [2.05, 4.69) is 101 Å². The molecule has 4 aromatic carbocycles. The van der Waals surface area contributed by atoms with Gasteiger partial charge >= 0.3 is 0 Å². The molecule has 1 amide bonds. The number of carbonyl (C=O) groups excluding carboxylic acids is 1. The normalized spacial score (nSPS) is 15.4. The minimum Gasteiger partial charge on any atom is -0.485 e. The summed E-state index contributed by atoms with van der Waals surface area (Å²) >= 11 is 0. The Bertz CT molecular complexity index is 1340. The van der Waals surface area contributed by atoms with E-state index in [1.165, 1.54) is 16.5 Å². The minimum atomic E-state index is -0.0220. The summed E-state index contributed by atoms with van der Waals surface area (Å²) in [4.78, 5) is 14.7. The summed E-state index contributed by atoms with van der Waals surface area (Å²) in [6, 6.07) is 33.7. The lowest BCUT2D eigenvalue weighted by Gasteiger charge is -2.33. The van der Waals surface area contributed by atoms with E-state index in [4.69, 9.17) is 4.74 Å². The fourth-order valence-corrected chi connectivity index (χ4v) is 5.36. The van der Waals surface area contributed by atoms with Crippen LogP contribution in [0.5, 0.6) is 5.75 Å². The number of benzene rings is 4. The van der Waals surface area contributed by atoms with Gasteiger partial charge in [-0.3, -0.25) is 4.79 Å². The van der Waals surface area contributed by atoms with E-state index in [0.717, 1.165) is 55.7 Å². The quantitative estimate of drug-likeness (QED) is 0.252. The van der Waals surface area contributed by atoms with Crippen LogP contribution in [-0.4, -0.2) is 30.4 Å². The van der Waals surface area contributed by atoms with Crippen LogP contribution in [0.25, 0.3) is 10.8 Å². The van der Waals surface area contributed by atoms with Crippen LogP contribution in [0.3, 0.4) is 0 Å². The van der Waals surface area contributed by atoms with Crippen LogP contribution < -0.4 is 10.1 Å². The molecule has 5 rings (SSSR count). The molecule has 1 aliphatic heterocycles. The van der Waals surface area contributed by atoms with E-state index in [9.17, 15) is 4.79 Å². The predicted octanol–water partition coefficient (Wildman–Crippen LogP) is 7.82. The van der Waals surface area contributed by atoms with Crippen LogP contribution in [0.4, 0.5) is 5.69 Å². The lowest BCUT2D eigenvalue weighted by atomic mass is 9.89. The Balaban J connectivity index is 1.21. The summed E-state index contributed by atoms with van der Waals surface area (Å²) in [5, 5.41) is 5.40. The minimum absolute atomic E-state index is 0.000907. The van der Waals surface area contributed by atoms with Crippen LogP contribution >= 0.6 is 0 Å². The number of hydrogen-bond donors (Lipinski definition) is 1. The maximum atomic E-state index is 12.1. The Morgan fingerprint density at radius 3 is 2.39 bits per heavy atom. The lowest BCUT2D eigenvalue weighted by Crippen LogP contribution is -2.34. The Morgan fingerprint density at radius 2 is 1.61 bits per heavy atom. The third kappa shape index (κ3) is 6.43. The van der Waals surface area contributed by atoms with Gasteiger partial charge in [0.05, 0.1) is 0 Å². The summed E-state index contributed by atoms with van der Waals surface area (Å²) in [5.41, 5.74) is 3.45. The molecule has 0 unspecified atom stereocenters. The van der Waals surface area contributed by atoms with Crippen molar-refractivity contribution in [2.45, 2.75) is 45.1 Å². The molecule has 1 saturated heterocycles. The molecule has 1 atom stereocenters. The number of rotatable bonds is 9. The standard InChI is InChI=1S/C34H38N2O2/c1-25(2)34(37)35-30-15-8-14-29(24-30)26-18-21-36(22-19-26)23-20-32(28-11-4-3-5-12-28)38-33-17-9-13-27-10-6-7-16-31(27)33/h3-17,24-26,32H,18-23H2,1-2H3,(H,35,37)/t32-/m0/s1. The molecule has 38 heavy (non-hydrogen) atoms. The molecule has 1 fully saturated rings. The lowest BCUT2D eigenvalue weighted by molar-refractivity contribution is -0.118. The van der Waals surface area contributed by atoms with Crippen molar-refractivity contribution < 1.29 is 9.53 Å². The number of nitrogens with zero attached hydrogens (tertiary/aromatic N) is 1. The number of anilines is 1. The second kappa shape index (κ2) is 12.3. The maximum Gasteiger partial charge on any atom is 0.226 e. The first kappa shape index (κ1) is 26.0. The van der Waals surface area contributed by atoms with E-state index in [-0.39, 0.29) is 17.9 Å². The number of amides is 1. The van der Waals surface area contributed by atoms with Gasteiger partial charge in [0, 0.05) is 30.0 Å². The average molecular weight is 507 g/mol. The van der Waals surface area contributed by atoms with Crippen molar-refractivity contribution in [3.63, 3.8) is 0 Å². The number of piperidine rings is 1. The van der Waals surface area contributed by atoms with Gasteiger partial charge in [0.15, 0.2) is 0 Å². The first-order valence-electron chi connectivity index (χ1n) is 13.9. The van der Waals surface area contributed by atoms with Crippen LogP contribution in [0.2, 0.25) is 0 Å². The van der Waals surface area contributed by atoms with E-state index in [0.29, 0.717) is 5.92 Å². The molecule has 0 aromatic heterocycles. The van der Waals surface area contributed by atoms with Gasteiger partial charge in [0.2, 0.25) is 5.91 Å². The number of carbonyl (C=O) groups is 1. The molecular formula is C34H38N2O2. The van der Waals surface area contributed by atoms with E-state index >= 15 is 0 Å². The molecule has 4 heteroatoms. The first-order chi connectivity index (χ1) is 18.6. The third-order valence-electron chi connectivity index (χ3n) is 7.64. The van der Waals surface area contributed by atoms with Gasteiger partial charge in [-0.1, -0.05) is 92.7 Å². The zero-order valence-corrected chi connectivity index (χ0v) is 22.5. The van der Waals surface area contributed by atoms with Gasteiger partial charge in [0.1, 0.15) is 11.9 Å². The van der Waals surface area contributed by atoms with Crippen LogP contribution in [0.15, 0.2) is 97.1 Å². The summed E-state index contributed by atoms with van der Waals surface area (Å²) in [5.74, 6) is 1.51. The van der Waals surface area contributed by atoms with Crippen molar-refractivity contribution in [3.05, 3.63) is 108 Å². The SMILES string of the molecule is CC(C)C(=O)Nc1cccc(C2CCN(CC[C@H](Oc3cccc4ccccc34)c3ccccc3)CC2)c1. The van der Waals surface area contributed by atoms with Gasteiger partial charge in [-0.05, 0) is 66.6 Å². The second-order valence-corrected chi connectivity index (χ2v) is 10.7. The number of ether oxygens (including phenoxy) is 1. The van der Waals surface area contributed by atoms with Crippen molar-refractivity contribution >= 4 is 22.4 Å². The van der Waals surface area contributed by atoms with E-state index in [1.807, 2.05) is 19.9 Å². The molecule has 1 heterocycles. The molecule has 0 spiro atoms. The maximum absolute atomic E-state index is 12.1. The molecule has 0 aliphatic carbocycles. The molecule has 0 radical (unpaired) electrons. The molecule has 0 saturated carbocycles. The highest BCUT2D eigenvalue weighted by atomic mass is 16.5. The smallest absolute Gasteiger partial charge is 0.226 e. The van der Waals surface area contributed by atoms with E-state index < -0.39 is 0 Å². The van der Waals surface area contributed by atoms with Gasteiger partial charge < -0.3 is 15.0 Å². The number of nitrogens with one attached hydrogen (secondary N) is 1. The summed E-state index contributed by atoms with van der Waals surface area (Å²) < 4.78 is 6.70. The molecule has 1 N–H and O–H groups in total. The van der Waals surface area contributed by atoms with Gasteiger partial charge in [0.25, 0.3) is 0 Å². The Labute approximate surface area is 226 Å². The van der Waals surface area contributed by atoms with Crippen molar-refractivity contribution in [1.82, 2.24) is 4.90 Å². The largest absolute Gasteiger partial charge is 0.485 e. The summed E-state index contributed by atoms with van der Waals surface area (Å²) in [6.07, 6.45) is 3.19. The Hall–Kier alpha value is -3.63. The van der Waals surface area contributed by atoms with Crippen molar-refractivity contribution in [2.75, 3.05) is 25.0 Å². The van der Waals surface area contributed by atoms with Crippen molar-refractivity contribution in [2.24, 2.45) is 5.92 Å². The fraction of sp³-hybridized carbons (Fsp3) is 0.324. The topological polar surface area (TPSA) is 41.6 Å². The molecule has 4 nitrogen and oxygen atoms in total.